The van der Waals surface area contributed by atoms with Crippen LogP contribution >= 0.6 is 0 Å². The number of esters is 1. The van der Waals surface area contributed by atoms with Crippen LogP contribution in [0.5, 0.6) is 5.75 Å². The normalized spacial score (nSPS) is 19.2. The van der Waals surface area contributed by atoms with Gasteiger partial charge in [-0.25, -0.2) is 13.2 Å². The third-order valence-corrected chi connectivity index (χ3v) is 5.53. The van der Waals surface area contributed by atoms with Gasteiger partial charge in [0.15, 0.2) is 11.6 Å². The van der Waals surface area contributed by atoms with Crippen molar-refractivity contribution in [2.24, 2.45) is 5.92 Å². The van der Waals surface area contributed by atoms with Gasteiger partial charge in [-0.2, -0.15) is 0 Å². The number of hydrogen-bond donors (Lipinski definition) is 0. The Morgan fingerprint density at radius 3 is 2.61 bits per heavy atom. The van der Waals surface area contributed by atoms with Crippen LogP contribution in [0.4, 0.5) is 13.2 Å². The maximum atomic E-state index is 13.7. The van der Waals surface area contributed by atoms with E-state index in [-0.39, 0.29) is 30.1 Å². The Morgan fingerprint density at radius 2 is 1.86 bits per heavy atom. The smallest absolute Gasteiger partial charge is 0.311 e. The van der Waals surface area contributed by atoms with Crippen molar-refractivity contribution < 1.29 is 27.4 Å². The van der Waals surface area contributed by atoms with E-state index in [4.69, 9.17) is 9.47 Å². The fourth-order valence-electron chi connectivity index (χ4n) is 3.96. The molecular formula is C21H20F3NO3. The van der Waals surface area contributed by atoms with Gasteiger partial charge < -0.3 is 9.47 Å². The van der Waals surface area contributed by atoms with Crippen molar-refractivity contribution in [3.05, 3.63) is 64.5 Å². The van der Waals surface area contributed by atoms with Gasteiger partial charge >= 0.3 is 5.97 Å². The molecule has 0 amide bonds. The third-order valence-electron chi connectivity index (χ3n) is 5.53. The van der Waals surface area contributed by atoms with Crippen LogP contribution in [0.25, 0.3) is 0 Å². The number of ether oxygens (including phenoxy) is 2. The number of hydrogen-bond acceptors (Lipinski definition) is 4. The molecule has 2 aromatic rings. The van der Waals surface area contributed by atoms with Crippen LogP contribution in [0.2, 0.25) is 0 Å². The summed E-state index contributed by atoms with van der Waals surface area (Å²) in [5.41, 5.74) is 2.32. The van der Waals surface area contributed by atoms with Crippen LogP contribution in [0.3, 0.4) is 0 Å². The SMILES string of the molecule is COC(=O)C1CN(C2CCc3cc(OCc4cc(F)c(F)cc4F)ccc32)C1. The summed E-state index contributed by atoms with van der Waals surface area (Å²) in [6.07, 6.45) is 1.85. The first kappa shape index (κ1) is 18.8. The average molecular weight is 391 g/mol. The predicted octanol–water partition coefficient (Wildman–Crippen LogP) is 3.78. The van der Waals surface area contributed by atoms with Crippen LogP contribution in [0, 0.1) is 23.4 Å². The minimum Gasteiger partial charge on any atom is -0.489 e. The van der Waals surface area contributed by atoms with Crippen molar-refractivity contribution in [1.29, 1.82) is 0 Å². The summed E-state index contributed by atoms with van der Waals surface area (Å²) >= 11 is 0. The van der Waals surface area contributed by atoms with E-state index in [2.05, 4.69) is 4.90 Å². The molecule has 0 bridgehead atoms. The van der Waals surface area contributed by atoms with Crippen LogP contribution in [-0.2, 0) is 22.6 Å². The van der Waals surface area contributed by atoms with Crippen molar-refractivity contribution in [3.63, 3.8) is 0 Å². The highest BCUT2D eigenvalue weighted by atomic mass is 19.2. The largest absolute Gasteiger partial charge is 0.489 e. The monoisotopic (exact) mass is 391 g/mol. The Balaban J connectivity index is 1.40. The lowest BCUT2D eigenvalue weighted by Gasteiger charge is -2.41. The fourth-order valence-corrected chi connectivity index (χ4v) is 3.96. The lowest BCUT2D eigenvalue weighted by Crippen LogP contribution is -2.51. The van der Waals surface area contributed by atoms with Crippen LogP contribution in [-0.4, -0.2) is 31.1 Å². The number of rotatable bonds is 5. The number of carbonyl (C=O) groups is 1. The molecule has 28 heavy (non-hydrogen) atoms. The maximum absolute atomic E-state index is 13.7. The second-order valence-corrected chi connectivity index (χ2v) is 7.24. The highest BCUT2D eigenvalue weighted by Gasteiger charge is 2.40. The summed E-state index contributed by atoms with van der Waals surface area (Å²) in [6.45, 7) is 1.22. The van der Waals surface area contributed by atoms with Gasteiger partial charge in [0.25, 0.3) is 0 Å². The molecule has 0 saturated carbocycles. The molecule has 1 aliphatic carbocycles. The average Bonchev–Trinajstić information content (AvgIpc) is 3.05. The van der Waals surface area contributed by atoms with E-state index in [0.717, 1.165) is 24.5 Å². The van der Waals surface area contributed by atoms with Crippen molar-refractivity contribution in [1.82, 2.24) is 4.90 Å². The van der Waals surface area contributed by atoms with Gasteiger partial charge in [-0.3, -0.25) is 9.69 Å². The second-order valence-electron chi connectivity index (χ2n) is 7.24. The molecule has 0 radical (unpaired) electrons. The lowest BCUT2D eigenvalue weighted by atomic mass is 9.95. The summed E-state index contributed by atoms with van der Waals surface area (Å²) < 4.78 is 50.4. The second kappa shape index (κ2) is 7.47. The van der Waals surface area contributed by atoms with Crippen molar-refractivity contribution >= 4 is 5.97 Å². The van der Waals surface area contributed by atoms with Gasteiger partial charge in [0, 0.05) is 30.8 Å². The number of methoxy groups -OCH3 is 1. The number of likely N-dealkylation sites (tertiary alicyclic amines) is 1. The number of fused-ring (bicyclic) bond motifs is 1. The highest BCUT2D eigenvalue weighted by Crippen LogP contribution is 2.40. The first-order chi connectivity index (χ1) is 13.5. The van der Waals surface area contributed by atoms with Gasteiger partial charge in [-0.15, -0.1) is 0 Å². The number of aryl methyl sites for hydroxylation is 1. The van der Waals surface area contributed by atoms with Crippen molar-refractivity contribution in [3.8, 4) is 5.75 Å². The Morgan fingerprint density at radius 1 is 1.11 bits per heavy atom. The molecule has 0 aromatic heterocycles. The quantitative estimate of drug-likeness (QED) is 0.575. The van der Waals surface area contributed by atoms with E-state index in [1.165, 1.54) is 12.7 Å². The zero-order chi connectivity index (χ0) is 19.8. The molecule has 1 aliphatic heterocycles. The molecule has 1 atom stereocenters. The number of nitrogens with zero attached hydrogens (tertiary/aromatic N) is 1. The Bertz CT molecular complexity index is 912. The zero-order valence-electron chi connectivity index (χ0n) is 15.4. The van der Waals surface area contributed by atoms with E-state index < -0.39 is 17.5 Å². The number of halogens is 3. The summed E-state index contributed by atoms with van der Waals surface area (Å²) in [5, 5.41) is 0. The van der Waals surface area contributed by atoms with E-state index in [0.29, 0.717) is 24.9 Å². The molecule has 1 heterocycles. The molecule has 1 fully saturated rings. The third kappa shape index (κ3) is 3.46. The summed E-state index contributed by atoms with van der Waals surface area (Å²) in [7, 11) is 1.41. The van der Waals surface area contributed by atoms with Crippen LogP contribution < -0.4 is 4.74 Å². The van der Waals surface area contributed by atoms with E-state index in [9.17, 15) is 18.0 Å². The molecule has 4 rings (SSSR count). The Labute approximate surface area is 160 Å². The molecule has 0 N–H and O–H groups in total. The van der Waals surface area contributed by atoms with Crippen molar-refractivity contribution in [2.45, 2.75) is 25.5 Å². The molecule has 2 aromatic carbocycles. The first-order valence-electron chi connectivity index (χ1n) is 9.17. The molecule has 2 aliphatic rings. The molecular weight excluding hydrogens is 371 g/mol. The first-order valence-corrected chi connectivity index (χ1v) is 9.17. The van der Waals surface area contributed by atoms with Gasteiger partial charge in [0.1, 0.15) is 18.2 Å². The van der Waals surface area contributed by atoms with E-state index in [1.807, 2.05) is 12.1 Å². The lowest BCUT2D eigenvalue weighted by molar-refractivity contribution is -0.152. The van der Waals surface area contributed by atoms with Gasteiger partial charge in [-0.05, 0) is 42.2 Å². The molecule has 0 spiro atoms. The minimum absolute atomic E-state index is 0.0355. The van der Waals surface area contributed by atoms with Gasteiger partial charge in [-0.1, -0.05) is 6.07 Å². The molecule has 7 heteroatoms. The Kier molecular flexibility index (Phi) is 5.02. The van der Waals surface area contributed by atoms with E-state index >= 15 is 0 Å². The fraction of sp³-hybridized carbons (Fsp3) is 0.381. The minimum atomic E-state index is -1.22. The summed E-state index contributed by atoms with van der Waals surface area (Å²) in [5.74, 6) is -2.81. The molecule has 1 unspecified atom stereocenters. The van der Waals surface area contributed by atoms with Gasteiger partial charge in [0.2, 0.25) is 0 Å². The van der Waals surface area contributed by atoms with Crippen LogP contribution in [0.15, 0.2) is 30.3 Å². The van der Waals surface area contributed by atoms with Crippen LogP contribution in [0.1, 0.15) is 29.2 Å². The zero-order valence-corrected chi connectivity index (χ0v) is 15.4. The van der Waals surface area contributed by atoms with Gasteiger partial charge in [0.05, 0.1) is 13.0 Å². The van der Waals surface area contributed by atoms with E-state index in [1.54, 1.807) is 6.07 Å². The molecule has 148 valence electrons. The summed E-state index contributed by atoms with van der Waals surface area (Å²) in [4.78, 5) is 13.8. The molecule has 4 nitrogen and oxygen atoms in total. The predicted molar refractivity (Wildman–Crippen MR) is 95.2 cm³/mol. The Hall–Kier alpha value is -2.54. The topological polar surface area (TPSA) is 38.8 Å². The van der Waals surface area contributed by atoms with Crippen molar-refractivity contribution in [2.75, 3.05) is 20.2 Å². The standard InChI is InChI=1S/C21H20F3NO3/c1-27-21(26)14-9-25(10-14)20-5-2-12-6-15(3-4-16(12)20)28-11-13-7-18(23)19(24)8-17(13)22/h3-4,6-8,14,20H,2,5,9-11H2,1H3. The number of carbonyl (C=O) groups excluding carboxylic acids is 1. The number of benzene rings is 2. The summed E-state index contributed by atoms with van der Waals surface area (Å²) in [6, 6.07) is 7.30. The molecule has 1 saturated heterocycles. The highest BCUT2D eigenvalue weighted by molar-refractivity contribution is 5.73. The maximum Gasteiger partial charge on any atom is 0.311 e.